The van der Waals surface area contributed by atoms with Crippen LogP contribution in [0.25, 0.3) is 16.6 Å². The number of azo groups is 1. The number of benzene rings is 1. The lowest BCUT2D eigenvalue weighted by atomic mass is 10.0. The fourth-order valence-corrected chi connectivity index (χ4v) is 2.57. The molecule has 0 atom stereocenters. The van der Waals surface area contributed by atoms with E-state index in [2.05, 4.69) is 37.9 Å². The quantitative estimate of drug-likeness (QED) is 0.715. The zero-order valence-corrected chi connectivity index (χ0v) is 13.5. The van der Waals surface area contributed by atoms with Gasteiger partial charge < -0.3 is 11.1 Å². The van der Waals surface area contributed by atoms with Crippen molar-refractivity contribution in [2.45, 2.75) is 25.7 Å². The van der Waals surface area contributed by atoms with Crippen LogP contribution in [0.3, 0.4) is 0 Å². The van der Waals surface area contributed by atoms with E-state index in [-0.39, 0.29) is 0 Å². The third-order valence-electron chi connectivity index (χ3n) is 4.03. The third-order valence-corrected chi connectivity index (χ3v) is 4.03. The van der Waals surface area contributed by atoms with E-state index in [0.717, 1.165) is 27.9 Å². The number of nitrogens with zero attached hydrogens (tertiary/aromatic N) is 3. The van der Waals surface area contributed by atoms with Crippen molar-refractivity contribution in [3.05, 3.63) is 47.4 Å². The number of nitrogens with two attached hydrogens (primary N) is 1. The Morgan fingerprint density at radius 1 is 1.48 bits per heavy atom. The Balaban J connectivity index is 1.99. The number of nitrogens with one attached hydrogen (secondary N) is 2. The van der Waals surface area contributed by atoms with Crippen LogP contribution in [0.1, 0.15) is 36.8 Å². The van der Waals surface area contributed by atoms with Crippen molar-refractivity contribution < 1.29 is 0 Å². The van der Waals surface area contributed by atoms with Crippen LogP contribution in [0.4, 0.5) is 0 Å². The molecule has 1 aliphatic carbocycles. The van der Waals surface area contributed by atoms with Gasteiger partial charge in [-0.25, -0.2) is 0 Å². The summed E-state index contributed by atoms with van der Waals surface area (Å²) >= 11 is 0. The molecule has 3 rings (SSSR count). The van der Waals surface area contributed by atoms with Gasteiger partial charge in [-0.1, -0.05) is 6.08 Å². The van der Waals surface area contributed by atoms with Crippen LogP contribution in [-0.2, 0) is 0 Å². The average Bonchev–Trinajstić information content (AvgIpc) is 3.30. The van der Waals surface area contributed by atoms with E-state index in [1.54, 1.807) is 7.05 Å². The van der Waals surface area contributed by atoms with Crippen LogP contribution in [0, 0.1) is 0 Å². The zero-order valence-electron chi connectivity index (χ0n) is 13.5. The highest BCUT2D eigenvalue weighted by Gasteiger charge is 2.25. The standard InChI is InChI=1S/C17H22N6/c1-3-13(18)8-20-10-17(22-19-2)14-6-12(11-4-5-11)7-16-15(14)9-21-23-16/h3,6-7,9-11,20H,4-5,8,18H2,1-2H3,(H,21,23)/b13-3-,17-10-,22-19-. The topological polar surface area (TPSA) is 91.5 Å². The van der Waals surface area contributed by atoms with Gasteiger partial charge in [0.25, 0.3) is 0 Å². The predicted octanol–water partition coefficient (Wildman–Crippen LogP) is 3.27. The summed E-state index contributed by atoms with van der Waals surface area (Å²) in [5.74, 6) is 0.660. The van der Waals surface area contributed by atoms with Gasteiger partial charge in [-0.2, -0.15) is 15.3 Å². The summed E-state index contributed by atoms with van der Waals surface area (Å²) in [6.45, 7) is 2.50. The van der Waals surface area contributed by atoms with Gasteiger partial charge in [0.15, 0.2) is 0 Å². The van der Waals surface area contributed by atoms with Gasteiger partial charge in [-0.3, -0.25) is 5.10 Å². The maximum absolute atomic E-state index is 5.82. The van der Waals surface area contributed by atoms with E-state index in [4.69, 9.17) is 5.73 Å². The van der Waals surface area contributed by atoms with Gasteiger partial charge >= 0.3 is 0 Å². The normalized spacial score (nSPS) is 16.4. The highest BCUT2D eigenvalue weighted by molar-refractivity contribution is 5.91. The van der Waals surface area contributed by atoms with E-state index in [0.29, 0.717) is 12.5 Å². The number of aromatic amines is 1. The molecule has 0 spiro atoms. The number of allylic oxidation sites excluding steroid dienone is 1. The lowest BCUT2D eigenvalue weighted by Gasteiger charge is -2.08. The van der Waals surface area contributed by atoms with Gasteiger partial charge in [-0.05, 0) is 43.4 Å². The molecular formula is C17H22N6. The Kier molecular flexibility index (Phi) is 4.41. The number of fused-ring (bicyclic) bond motifs is 1. The summed E-state index contributed by atoms with van der Waals surface area (Å²) in [5.41, 5.74) is 10.8. The molecule has 23 heavy (non-hydrogen) atoms. The van der Waals surface area contributed by atoms with Crippen molar-refractivity contribution in [2.24, 2.45) is 16.0 Å². The monoisotopic (exact) mass is 310 g/mol. The molecule has 1 fully saturated rings. The van der Waals surface area contributed by atoms with Crippen LogP contribution >= 0.6 is 0 Å². The summed E-state index contributed by atoms with van der Waals surface area (Å²) in [6.07, 6.45) is 8.08. The first kappa shape index (κ1) is 15.3. The molecule has 0 radical (unpaired) electrons. The lowest BCUT2D eigenvalue weighted by Crippen LogP contribution is -2.15. The smallest absolute Gasteiger partial charge is 0.109 e. The van der Waals surface area contributed by atoms with Crippen LogP contribution in [0.15, 0.2) is 46.5 Å². The van der Waals surface area contributed by atoms with Crippen molar-refractivity contribution >= 4 is 16.6 Å². The van der Waals surface area contributed by atoms with Crippen LogP contribution < -0.4 is 11.1 Å². The minimum absolute atomic E-state index is 0.579. The van der Waals surface area contributed by atoms with Crippen LogP contribution in [-0.4, -0.2) is 23.8 Å². The molecule has 1 aliphatic rings. The Morgan fingerprint density at radius 3 is 3.00 bits per heavy atom. The van der Waals surface area contributed by atoms with E-state index >= 15 is 0 Å². The Bertz CT molecular complexity index is 779. The molecule has 4 N–H and O–H groups in total. The summed E-state index contributed by atoms with van der Waals surface area (Å²) in [7, 11) is 1.67. The minimum atomic E-state index is 0.579. The van der Waals surface area contributed by atoms with E-state index in [1.807, 2.05) is 25.4 Å². The molecule has 0 aliphatic heterocycles. The molecule has 1 saturated carbocycles. The summed E-state index contributed by atoms with van der Waals surface area (Å²) in [5, 5.41) is 19.7. The number of rotatable bonds is 6. The van der Waals surface area contributed by atoms with Gasteiger partial charge in [0.05, 0.1) is 18.3 Å². The van der Waals surface area contributed by atoms with E-state index in [1.165, 1.54) is 18.4 Å². The number of aromatic nitrogens is 2. The molecule has 1 aromatic carbocycles. The first-order chi connectivity index (χ1) is 11.2. The number of H-pyrrole nitrogens is 1. The molecular weight excluding hydrogens is 288 g/mol. The lowest BCUT2D eigenvalue weighted by molar-refractivity contribution is 0.918. The van der Waals surface area contributed by atoms with Crippen molar-refractivity contribution in [3.8, 4) is 0 Å². The van der Waals surface area contributed by atoms with E-state index < -0.39 is 0 Å². The molecule has 0 bridgehead atoms. The summed E-state index contributed by atoms with van der Waals surface area (Å²) < 4.78 is 0. The largest absolute Gasteiger partial charge is 0.401 e. The van der Waals surface area contributed by atoms with Gasteiger partial charge in [-0.15, -0.1) is 0 Å². The number of hydrogen-bond acceptors (Lipinski definition) is 5. The first-order valence-corrected chi connectivity index (χ1v) is 7.84. The Hall–Kier alpha value is -2.63. The molecule has 0 unspecified atom stereocenters. The van der Waals surface area contributed by atoms with Crippen molar-refractivity contribution in [2.75, 3.05) is 13.6 Å². The second-order valence-electron chi connectivity index (χ2n) is 5.75. The first-order valence-electron chi connectivity index (χ1n) is 7.84. The summed E-state index contributed by atoms with van der Waals surface area (Å²) in [4.78, 5) is 0. The molecule has 6 heteroatoms. The van der Waals surface area contributed by atoms with E-state index in [9.17, 15) is 0 Å². The maximum atomic E-state index is 5.82. The van der Waals surface area contributed by atoms with Crippen molar-refractivity contribution in [3.63, 3.8) is 0 Å². The fraction of sp³-hybridized carbons (Fsp3) is 0.353. The zero-order chi connectivity index (χ0) is 16.2. The minimum Gasteiger partial charge on any atom is -0.401 e. The van der Waals surface area contributed by atoms with Crippen LogP contribution in [0.5, 0.6) is 0 Å². The fourth-order valence-electron chi connectivity index (χ4n) is 2.57. The molecule has 120 valence electrons. The van der Waals surface area contributed by atoms with Crippen molar-refractivity contribution in [1.29, 1.82) is 0 Å². The molecule has 0 amide bonds. The second kappa shape index (κ2) is 6.64. The molecule has 1 heterocycles. The van der Waals surface area contributed by atoms with Crippen LogP contribution in [0.2, 0.25) is 0 Å². The van der Waals surface area contributed by atoms with Gasteiger partial charge in [0.1, 0.15) is 5.70 Å². The van der Waals surface area contributed by atoms with Gasteiger partial charge in [0, 0.05) is 29.9 Å². The van der Waals surface area contributed by atoms with Crippen molar-refractivity contribution in [1.82, 2.24) is 15.5 Å². The molecule has 6 nitrogen and oxygen atoms in total. The molecule has 2 aromatic rings. The average molecular weight is 310 g/mol. The number of hydrogen-bond donors (Lipinski definition) is 3. The highest BCUT2D eigenvalue weighted by atomic mass is 15.1. The predicted molar refractivity (Wildman–Crippen MR) is 92.8 cm³/mol. The summed E-state index contributed by atoms with van der Waals surface area (Å²) in [6, 6.07) is 4.40. The third kappa shape index (κ3) is 3.41. The Morgan fingerprint density at radius 2 is 2.30 bits per heavy atom. The second-order valence-corrected chi connectivity index (χ2v) is 5.75. The Labute approximate surface area is 135 Å². The molecule has 1 aromatic heterocycles. The SMILES string of the molecule is C/C=C(\N)CN/C=C(\N=N/C)c1cc(C2CC2)cc2[nH]ncc12. The molecule has 0 saturated heterocycles. The highest BCUT2D eigenvalue weighted by Crippen LogP contribution is 2.42. The van der Waals surface area contributed by atoms with Gasteiger partial charge in [0.2, 0.25) is 0 Å². The maximum Gasteiger partial charge on any atom is 0.109 e.